The van der Waals surface area contributed by atoms with Crippen molar-refractivity contribution in [3.05, 3.63) is 84.6 Å². The molecule has 10 heteroatoms. The van der Waals surface area contributed by atoms with Crippen LogP contribution in [0.2, 0.25) is 0 Å². The van der Waals surface area contributed by atoms with Gasteiger partial charge in [-0.3, -0.25) is 9.59 Å². The summed E-state index contributed by atoms with van der Waals surface area (Å²) >= 11 is 0. The minimum Gasteiger partial charge on any atom is -0.453 e. The van der Waals surface area contributed by atoms with E-state index in [1.807, 2.05) is 17.0 Å². The van der Waals surface area contributed by atoms with Gasteiger partial charge in [0.15, 0.2) is 11.4 Å². The molecule has 188 valence electrons. The third-order valence-electron chi connectivity index (χ3n) is 6.21. The number of nitrogens with two attached hydrogens (primary N) is 1. The molecular formula is C27H27N7O3. The highest BCUT2D eigenvalue weighted by Crippen LogP contribution is 2.28. The van der Waals surface area contributed by atoms with Gasteiger partial charge in [-0.1, -0.05) is 18.7 Å². The Kier molecular flexibility index (Phi) is 6.57. The minimum atomic E-state index is -0.593. The van der Waals surface area contributed by atoms with Gasteiger partial charge in [0.05, 0.1) is 0 Å². The van der Waals surface area contributed by atoms with E-state index in [1.165, 1.54) is 0 Å². The van der Waals surface area contributed by atoms with Crippen LogP contribution in [-0.2, 0) is 4.79 Å². The van der Waals surface area contributed by atoms with E-state index >= 15 is 0 Å². The molecule has 1 fully saturated rings. The summed E-state index contributed by atoms with van der Waals surface area (Å²) < 4.78 is 7.65. The van der Waals surface area contributed by atoms with Crippen LogP contribution in [0.3, 0.4) is 0 Å². The van der Waals surface area contributed by atoms with Gasteiger partial charge in [0.1, 0.15) is 5.75 Å². The molecule has 0 spiro atoms. The number of pyridine rings is 1. The zero-order valence-electron chi connectivity index (χ0n) is 20.4. The zero-order chi connectivity index (χ0) is 25.9. The summed E-state index contributed by atoms with van der Waals surface area (Å²) in [6.07, 6.45) is 1.77. The number of carbonyl (C=O) groups is 2. The van der Waals surface area contributed by atoms with Crippen LogP contribution in [0, 0.1) is 0 Å². The van der Waals surface area contributed by atoms with Gasteiger partial charge in [-0.15, -0.1) is 5.10 Å². The van der Waals surface area contributed by atoms with Crippen LogP contribution in [0.5, 0.6) is 11.5 Å². The molecule has 2 amide bonds. The van der Waals surface area contributed by atoms with Gasteiger partial charge < -0.3 is 25.6 Å². The van der Waals surface area contributed by atoms with Crippen molar-refractivity contribution in [1.82, 2.24) is 24.4 Å². The average molecular weight is 498 g/mol. The Labute approximate surface area is 214 Å². The number of primary amides is 1. The predicted octanol–water partition coefficient (Wildman–Crippen LogP) is 3.15. The van der Waals surface area contributed by atoms with Crippen molar-refractivity contribution in [2.24, 2.45) is 5.73 Å². The molecule has 37 heavy (non-hydrogen) atoms. The number of piperazine rings is 1. The van der Waals surface area contributed by atoms with Crippen molar-refractivity contribution in [2.75, 3.05) is 38.5 Å². The van der Waals surface area contributed by atoms with Gasteiger partial charge in [-0.25, -0.2) is 4.52 Å². The van der Waals surface area contributed by atoms with Gasteiger partial charge in [-0.05, 0) is 61.1 Å². The summed E-state index contributed by atoms with van der Waals surface area (Å²) in [5.74, 6) is 0.814. The molecule has 0 saturated carbocycles. The van der Waals surface area contributed by atoms with Crippen molar-refractivity contribution in [1.29, 1.82) is 0 Å². The second-order valence-corrected chi connectivity index (χ2v) is 8.85. The number of carbonyl (C=O) groups excluding carboxylic acids is 2. The van der Waals surface area contributed by atoms with Crippen molar-refractivity contribution in [3.63, 3.8) is 0 Å². The molecule has 0 aliphatic carbocycles. The normalized spacial score (nSPS) is 13.9. The highest BCUT2D eigenvalue weighted by molar-refractivity contribution is 6.17. The van der Waals surface area contributed by atoms with Crippen molar-refractivity contribution in [2.45, 2.75) is 0 Å². The zero-order valence-corrected chi connectivity index (χ0v) is 20.4. The van der Waals surface area contributed by atoms with E-state index in [2.05, 4.69) is 33.9 Å². The molecule has 1 saturated heterocycles. The van der Waals surface area contributed by atoms with Gasteiger partial charge in [0.2, 0.25) is 11.9 Å². The second-order valence-electron chi connectivity index (χ2n) is 8.85. The lowest BCUT2D eigenvalue weighted by molar-refractivity contribution is -0.112. The molecular weight excluding hydrogens is 470 g/mol. The van der Waals surface area contributed by atoms with E-state index in [9.17, 15) is 9.59 Å². The van der Waals surface area contributed by atoms with Crippen LogP contribution in [0.1, 0.15) is 15.9 Å². The molecule has 10 nitrogen and oxygen atoms in total. The molecule has 2 aromatic carbocycles. The maximum atomic E-state index is 12.8. The summed E-state index contributed by atoms with van der Waals surface area (Å²) in [5, 5.41) is 7.66. The predicted molar refractivity (Wildman–Crippen MR) is 141 cm³/mol. The van der Waals surface area contributed by atoms with Crippen molar-refractivity contribution < 1.29 is 14.3 Å². The lowest BCUT2D eigenvalue weighted by Crippen LogP contribution is -2.47. The standard InChI is InChI=1S/C27H27N7O3/c1-18(24(28)35)20-5-3-6-22(17-20)37-23-7-4-12-34-25(23)30-27(31-34)29-21-10-8-19(9-11-21)26(36)33-15-13-32(2)14-16-33/h3-12,17H,1,13-16H2,2H3,(H2,28,35)(H,29,31). The summed E-state index contributed by atoms with van der Waals surface area (Å²) in [6, 6.07) is 17.8. The van der Waals surface area contributed by atoms with Crippen LogP contribution in [-0.4, -0.2) is 69.4 Å². The first-order valence-corrected chi connectivity index (χ1v) is 11.8. The first-order chi connectivity index (χ1) is 17.9. The topological polar surface area (TPSA) is 118 Å². The minimum absolute atomic E-state index is 0.0377. The fourth-order valence-electron chi connectivity index (χ4n) is 4.05. The van der Waals surface area contributed by atoms with E-state index < -0.39 is 5.91 Å². The Morgan fingerprint density at radius 3 is 2.49 bits per heavy atom. The van der Waals surface area contributed by atoms with Crippen molar-refractivity contribution in [3.8, 4) is 11.5 Å². The number of ether oxygens (including phenoxy) is 1. The fourth-order valence-corrected chi connectivity index (χ4v) is 4.05. The van der Waals surface area contributed by atoms with Gasteiger partial charge >= 0.3 is 0 Å². The fraction of sp³-hybridized carbons (Fsp3) is 0.185. The molecule has 1 aliphatic rings. The molecule has 0 radical (unpaired) electrons. The number of likely N-dealkylation sites (N-methyl/N-ethyl adjacent to an activating group) is 1. The molecule has 0 bridgehead atoms. The van der Waals surface area contributed by atoms with E-state index in [0.717, 1.165) is 31.9 Å². The molecule has 1 aliphatic heterocycles. The van der Waals surface area contributed by atoms with Crippen LogP contribution in [0.4, 0.5) is 11.6 Å². The number of hydrogen-bond donors (Lipinski definition) is 2. The summed E-state index contributed by atoms with van der Waals surface area (Å²) in [7, 11) is 2.06. The number of anilines is 2. The number of hydrogen-bond acceptors (Lipinski definition) is 7. The first kappa shape index (κ1) is 24.0. The van der Waals surface area contributed by atoms with Crippen molar-refractivity contribution >= 4 is 34.7 Å². The Morgan fingerprint density at radius 1 is 1.00 bits per heavy atom. The molecule has 5 rings (SSSR count). The molecule has 0 unspecified atom stereocenters. The molecule has 3 N–H and O–H groups in total. The van der Waals surface area contributed by atoms with Gasteiger partial charge in [0, 0.05) is 49.2 Å². The van der Waals surface area contributed by atoms with Crippen LogP contribution < -0.4 is 15.8 Å². The Hall–Kier alpha value is -4.70. The number of nitrogens with zero attached hydrogens (tertiary/aromatic N) is 5. The maximum absolute atomic E-state index is 12.8. The molecule has 4 aromatic rings. The van der Waals surface area contributed by atoms with Crippen LogP contribution in [0.15, 0.2) is 73.4 Å². The van der Waals surface area contributed by atoms with E-state index in [0.29, 0.717) is 34.2 Å². The number of amides is 2. The van der Waals surface area contributed by atoms with Gasteiger partial charge in [-0.2, -0.15) is 4.98 Å². The van der Waals surface area contributed by atoms with Crippen LogP contribution >= 0.6 is 0 Å². The highest BCUT2D eigenvalue weighted by atomic mass is 16.5. The highest BCUT2D eigenvalue weighted by Gasteiger charge is 2.20. The largest absolute Gasteiger partial charge is 0.453 e. The quantitative estimate of drug-likeness (QED) is 0.377. The molecule has 0 atom stereocenters. The Morgan fingerprint density at radius 2 is 1.76 bits per heavy atom. The third-order valence-corrected chi connectivity index (χ3v) is 6.21. The maximum Gasteiger partial charge on any atom is 0.253 e. The number of benzene rings is 2. The number of rotatable bonds is 7. The smallest absolute Gasteiger partial charge is 0.253 e. The lowest BCUT2D eigenvalue weighted by atomic mass is 10.1. The van der Waals surface area contributed by atoms with Crippen LogP contribution in [0.25, 0.3) is 11.2 Å². The van der Waals surface area contributed by atoms with E-state index in [4.69, 9.17) is 10.5 Å². The average Bonchev–Trinajstić information content (AvgIpc) is 3.32. The van der Waals surface area contributed by atoms with E-state index in [-0.39, 0.29) is 11.5 Å². The number of aromatic nitrogens is 3. The number of nitrogens with one attached hydrogen (secondary N) is 1. The lowest BCUT2D eigenvalue weighted by Gasteiger charge is -2.32. The molecule has 3 heterocycles. The first-order valence-electron chi connectivity index (χ1n) is 11.8. The summed E-state index contributed by atoms with van der Waals surface area (Å²) in [5.41, 5.74) is 8.04. The summed E-state index contributed by atoms with van der Waals surface area (Å²) in [4.78, 5) is 32.9. The Balaban J connectivity index is 1.31. The Bertz CT molecular complexity index is 1470. The second kappa shape index (κ2) is 10.1. The van der Waals surface area contributed by atoms with E-state index in [1.54, 1.807) is 59.2 Å². The monoisotopic (exact) mass is 497 g/mol. The van der Waals surface area contributed by atoms with Gasteiger partial charge in [0.25, 0.3) is 5.91 Å². The number of fused-ring (bicyclic) bond motifs is 1. The SMILES string of the molecule is C=C(C(N)=O)c1cccc(Oc2cccn3nc(Nc4ccc(C(=O)N5CCN(C)CC5)cc4)nc23)c1. The summed E-state index contributed by atoms with van der Waals surface area (Å²) in [6.45, 7) is 6.94. The third kappa shape index (κ3) is 5.29. The molecule has 2 aromatic heterocycles.